The first-order chi connectivity index (χ1) is 17.9. The van der Waals surface area contributed by atoms with Gasteiger partial charge in [0.2, 0.25) is 11.8 Å². The fourth-order valence-electron chi connectivity index (χ4n) is 4.30. The molecule has 1 aromatic rings. The predicted molar refractivity (Wildman–Crippen MR) is 149 cm³/mol. The Bertz CT molecular complexity index is 1150. The fraction of sp³-hybridized carbons (Fsp3) is 0.520. The Labute approximate surface area is 231 Å². The molecule has 0 radical (unpaired) electrons. The number of hydrogen-bond donors (Lipinski definition) is 4. The number of amides is 2. The van der Waals surface area contributed by atoms with Crippen molar-refractivity contribution in [3.05, 3.63) is 23.8 Å². The SMILES string of the molecule is CN=CN=C(N)COc1ccc(NCC(=O)N2CCC[C@H]2C(=O)N[C@H](C)[C@H]2CC2(Cl)Cl)c(C(=N)C(C)=O)c1. The maximum Gasteiger partial charge on any atom is 0.243 e. The zero-order valence-corrected chi connectivity index (χ0v) is 23.1. The minimum atomic E-state index is -0.808. The van der Waals surface area contributed by atoms with Crippen molar-refractivity contribution in [3.8, 4) is 5.75 Å². The average Bonchev–Trinajstić information content (AvgIpc) is 3.27. The Balaban J connectivity index is 1.65. The van der Waals surface area contributed by atoms with Crippen molar-refractivity contribution < 1.29 is 19.1 Å². The number of hydrogen-bond acceptors (Lipinski definition) is 7. The van der Waals surface area contributed by atoms with E-state index in [-0.39, 0.29) is 54.0 Å². The minimum Gasteiger partial charge on any atom is -0.486 e. The molecule has 5 N–H and O–H groups in total. The van der Waals surface area contributed by atoms with Gasteiger partial charge >= 0.3 is 0 Å². The van der Waals surface area contributed by atoms with E-state index < -0.39 is 16.2 Å². The first kappa shape index (κ1) is 29.4. The number of anilines is 1. The number of ketones is 1. The molecule has 1 saturated heterocycles. The van der Waals surface area contributed by atoms with Crippen LogP contribution < -0.4 is 21.1 Å². The molecule has 38 heavy (non-hydrogen) atoms. The van der Waals surface area contributed by atoms with E-state index in [0.29, 0.717) is 37.2 Å². The van der Waals surface area contributed by atoms with Crippen LogP contribution in [-0.2, 0) is 14.4 Å². The zero-order chi connectivity index (χ0) is 28.0. The third-order valence-corrected chi connectivity index (χ3v) is 7.36. The summed E-state index contributed by atoms with van der Waals surface area (Å²) in [5.41, 5.74) is 6.19. The highest BCUT2D eigenvalue weighted by Crippen LogP contribution is 2.54. The van der Waals surface area contributed by atoms with E-state index in [4.69, 9.17) is 39.1 Å². The lowest BCUT2D eigenvalue weighted by Gasteiger charge is -2.26. The van der Waals surface area contributed by atoms with E-state index in [2.05, 4.69) is 20.6 Å². The van der Waals surface area contributed by atoms with Gasteiger partial charge in [-0.1, -0.05) is 0 Å². The second-order valence-electron chi connectivity index (χ2n) is 9.39. The van der Waals surface area contributed by atoms with Crippen molar-refractivity contribution in [3.63, 3.8) is 0 Å². The molecule has 1 aliphatic heterocycles. The van der Waals surface area contributed by atoms with Crippen LogP contribution in [0.4, 0.5) is 5.69 Å². The molecule has 206 valence electrons. The Morgan fingerprint density at radius 2 is 2.08 bits per heavy atom. The van der Waals surface area contributed by atoms with Gasteiger partial charge < -0.3 is 26.0 Å². The van der Waals surface area contributed by atoms with Crippen LogP contribution in [0.5, 0.6) is 5.75 Å². The molecule has 1 heterocycles. The number of aliphatic imine (C=N–C) groups is 2. The Kier molecular flexibility index (Phi) is 9.72. The summed E-state index contributed by atoms with van der Waals surface area (Å²) in [6.07, 6.45) is 3.18. The third kappa shape index (κ3) is 7.44. The quantitative estimate of drug-likeness (QED) is 0.172. The molecular formula is C25H33Cl2N7O4. The lowest BCUT2D eigenvalue weighted by Crippen LogP contribution is -2.50. The lowest BCUT2D eigenvalue weighted by molar-refractivity contribution is -0.137. The maximum absolute atomic E-state index is 13.1. The van der Waals surface area contributed by atoms with Gasteiger partial charge in [-0.2, -0.15) is 0 Å². The molecule has 2 fully saturated rings. The number of likely N-dealkylation sites (tertiary alicyclic amines) is 1. The molecule has 2 amide bonds. The standard InChI is InChI=1S/C25H33Cl2N7O4/c1-14(18-10-25(18,26)27)33-24(37)20-5-4-8-34(20)22(36)11-31-19-7-6-16(9-17(19)23(29)15(2)35)38-12-21(28)32-13-30-3/h6-7,9,13-14,18,20,29,31H,4-5,8,10-12H2,1-3H3,(H,33,37)(H2,28,30,32)/t14-,18-,20+/m1/s1. The molecule has 3 rings (SSSR count). The second kappa shape index (κ2) is 12.6. The van der Waals surface area contributed by atoms with Crippen molar-refractivity contribution in [2.75, 3.05) is 32.1 Å². The molecule has 0 unspecified atom stereocenters. The Hall–Kier alpha value is -3.18. The minimum absolute atomic E-state index is 0.0152. The van der Waals surface area contributed by atoms with Crippen LogP contribution in [0.3, 0.4) is 0 Å². The van der Waals surface area contributed by atoms with Crippen LogP contribution >= 0.6 is 23.2 Å². The molecule has 0 aromatic heterocycles. The number of nitrogens with two attached hydrogens (primary N) is 1. The molecule has 13 heteroatoms. The molecule has 11 nitrogen and oxygen atoms in total. The van der Waals surface area contributed by atoms with Crippen LogP contribution in [0.1, 0.15) is 38.7 Å². The topological polar surface area (TPSA) is 162 Å². The van der Waals surface area contributed by atoms with Crippen molar-refractivity contribution in [1.29, 1.82) is 5.41 Å². The maximum atomic E-state index is 13.1. The summed E-state index contributed by atoms with van der Waals surface area (Å²) >= 11 is 12.2. The second-order valence-corrected chi connectivity index (χ2v) is 10.9. The normalized spacial score (nSPS) is 21.2. The van der Waals surface area contributed by atoms with Crippen LogP contribution in [0.2, 0.25) is 0 Å². The van der Waals surface area contributed by atoms with Crippen LogP contribution in [-0.4, -0.2) is 83.5 Å². The highest BCUT2D eigenvalue weighted by molar-refractivity contribution is 6.51. The number of nitrogens with zero attached hydrogens (tertiary/aromatic N) is 3. The van der Waals surface area contributed by atoms with Crippen molar-refractivity contribution in [2.45, 2.75) is 49.5 Å². The highest BCUT2D eigenvalue weighted by atomic mass is 35.5. The summed E-state index contributed by atoms with van der Waals surface area (Å²) in [6, 6.07) is 3.99. The van der Waals surface area contributed by atoms with Gasteiger partial charge in [-0.3, -0.25) is 24.8 Å². The number of alkyl halides is 2. The van der Waals surface area contributed by atoms with Crippen molar-refractivity contribution >= 4 is 64.4 Å². The highest BCUT2D eigenvalue weighted by Gasteiger charge is 2.55. The number of halogens is 2. The summed E-state index contributed by atoms with van der Waals surface area (Å²) in [4.78, 5) is 47.1. The summed E-state index contributed by atoms with van der Waals surface area (Å²) in [7, 11) is 1.56. The number of Topliss-reactive ketones (excluding diaryl/α,β-unsaturated/α-hetero) is 1. The van der Waals surface area contributed by atoms with E-state index in [1.54, 1.807) is 24.1 Å². The van der Waals surface area contributed by atoms with Gasteiger partial charge in [0.15, 0.2) is 5.78 Å². The molecule has 3 atom stereocenters. The average molecular weight is 566 g/mol. The number of carbonyl (C=O) groups excluding carboxylic acids is 3. The van der Waals surface area contributed by atoms with E-state index in [1.165, 1.54) is 19.3 Å². The van der Waals surface area contributed by atoms with Crippen LogP contribution in [0.15, 0.2) is 28.2 Å². The van der Waals surface area contributed by atoms with E-state index in [1.807, 2.05) is 6.92 Å². The number of carbonyl (C=O) groups is 3. The monoisotopic (exact) mass is 565 g/mol. The summed E-state index contributed by atoms with van der Waals surface area (Å²) in [5.74, 6) is -0.394. The van der Waals surface area contributed by atoms with Crippen LogP contribution in [0.25, 0.3) is 0 Å². The number of rotatable bonds is 12. The van der Waals surface area contributed by atoms with Gasteiger partial charge in [-0.25, -0.2) is 4.99 Å². The molecule has 0 bridgehead atoms. The van der Waals surface area contributed by atoms with E-state index in [9.17, 15) is 14.4 Å². The van der Waals surface area contributed by atoms with Gasteiger partial charge in [0, 0.05) is 43.7 Å². The summed E-state index contributed by atoms with van der Waals surface area (Å²) < 4.78 is 4.81. The Morgan fingerprint density at radius 3 is 2.71 bits per heavy atom. The number of nitrogens with one attached hydrogen (secondary N) is 3. The molecule has 1 saturated carbocycles. The summed E-state index contributed by atoms with van der Waals surface area (Å²) in [5, 5.41) is 14.2. The number of benzene rings is 1. The van der Waals surface area contributed by atoms with E-state index in [0.717, 1.165) is 0 Å². The van der Waals surface area contributed by atoms with Gasteiger partial charge in [0.05, 0.1) is 6.54 Å². The third-order valence-electron chi connectivity index (χ3n) is 6.49. The number of ether oxygens (including phenoxy) is 1. The summed E-state index contributed by atoms with van der Waals surface area (Å²) in [6.45, 7) is 3.47. The zero-order valence-electron chi connectivity index (χ0n) is 21.6. The van der Waals surface area contributed by atoms with Crippen molar-refractivity contribution in [2.24, 2.45) is 21.6 Å². The first-order valence-electron chi connectivity index (χ1n) is 12.3. The van der Waals surface area contributed by atoms with Gasteiger partial charge in [0.1, 0.15) is 40.6 Å². The van der Waals surface area contributed by atoms with Gasteiger partial charge in [-0.15, -0.1) is 23.2 Å². The lowest BCUT2D eigenvalue weighted by atomic mass is 10.0. The number of amidine groups is 1. The molecular weight excluding hydrogens is 533 g/mol. The Morgan fingerprint density at radius 1 is 1.37 bits per heavy atom. The smallest absolute Gasteiger partial charge is 0.243 e. The largest absolute Gasteiger partial charge is 0.486 e. The van der Waals surface area contributed by atoms with E-state index >= 15 is 0 Å². The molecule has 1 aromatic carbocycles. The molecule has 1 aliphatic carbocycles. The van der Waals surface area contributed by atoms with Gasteiger partial charge in [-0.05, 0) is 44.4 Å². The van der Waals surface area contributed by atoms with Crippen molar-refractivity contribution in [1.82, 2.24) is 10.2 Å². The first-order valence-corrected chi connectivity index (χ1v) is 13.0. The predicted octanol–water partition coefficient (Wildman–Crippen LogP) is 2.14. The molecule has 2 aliphatic rings. The van der Waals surface area contributed by atoms with Crippen LogP contribution in [0, 0.1) is 11.3 Å². The molecule has 0 spiro atoms. The van der Waals surface area contributed by atoms with Gasteiger partial charge in [0.25, 0.3) is 0 Å². The fourth-order valence-corrected chi connectivity index (χ4v) is 5.01.